The number of carbonyl (C=O) groups is 1. The van der Waals surface area contributed by atoms with E-state index in [1.807, 2.05) is 23.6 Å². The first-order valence-corrected chi connectivity index (χ1v) is 11.8. The smallest absolute Gasteiger partial charge is 0.234 e. The maximum Gasteiger partial charge on any atom is 0.234 e. The number of amides is 1. The standard InChI is InChI=1S/C21H18Cl4N4O2S/c1-3-8-29-20(12(2)31-18-7-5-4-6-13(18)22)27-28-21(29)32-11-19(30)26-17-10-15(24)14(23)9-16(17)25/h3-7,9-10,12H,1,8,11H2,2H3,(H,26,30). The van der Waals surface area contributed by atoms with Crippen molar-refractivity contribution < 1.29 is 9.53 Å². The van der Waals surface area contributed by atoms with Crippen LogP contribution in [0.2, 0.25) is 20.1 Å². The Balaban J connectivity index is 1.70. The molecule has 0 spiro atoms. The van der Waals surface area contributed by atoms with Gasteiger partial charge < -0.3 is 10.1 Å². The van der Waals surface area contributed by atoms with Crippen molar-refractivity contribution in [1.82, 2.24) is 14.8 Å². The van der Waals surface area contributed by atoms with E-state index in [0.29, 0.717) is 49.1 Å². The predicted molar refractivity (Wildman–Crippen MR) is 132 cm³/mol. The Labute approximate surface area is 209 Å². The van der Waals surface area contributed by atoms with Gasteiger partial charge in [0.05, 0.1) is 31.5 Å². The van der Waals surface area contributed by atoms with E-state index in [0.717, 1.165) is 0 Å². The van der Waals surface area contributed by atoms with E-state index in [-0.39, 0.29) is 11.7 Å². The molecule has 0 saturated heterocycles. The number of carbonyl (C=O) groups excluding carboxylic acids is 1. The van der Waals surface area contributed by atoms with Gasteiger partial charge in [0.2, 0.25) is 5.91 Å². The Kier molecular flexibility index (Phi) is 8.73. The second-order valence-electron chi connectivity index (χ2n) is 6.51. The number of hydrogen-bond donors (Lipinski definition) is 1. The molecule has 0 saturated carbocycles. The first-order chi connectivity index (χ1) is 15.3. The van der Waals surface area contributed by atoms with E-state index >= 15 is 0 Å². The predicted octanol–water partition coefficient (Wildman–Crippen LogP) is 6.95. The number of aromatic nitrogens is 3. The number of nitrogens with one attached hydrogen (secondary N) is 1. The molecule has 1 aromatic heterocycles. The van der Waals surface area contributed by atoms with E-state index in [9.17, 15) is 4.79 Å². The van der Waals surface area contributed by atoms with Crippen LogP contribution in [-0.2, 0) is 11.3 Å². The van der Waals surface area contributed by atoms with Crippen molar-refractivity contribution in [3.8, 4) is 5.75 Å². The third kappa shape index (κ3) is 6.11. The summed E-state index contributed by atoms with van der Waals surface area (Å²) < 4.78 is 7.79. The number of rotatable bonds is 9. The molecule has 1 N–H and O–H groups in total. The number of hydrogen-bond acceptors (Lipinski definition) is 5. The van der Waals surface area contributed by atoms with E-state index in [4.69, 9.17) is 51.1 Å². The van der Waals surface area contributed by atoms with Crippen LogP contribution in [0.1, 0.15) is 18.9 Å². The zero-order valence-electron chi connectivity index (χ0n) is 16.8. The summed E-state index contributed by atoms with van der Waals surface area (Å²) in [6.07, 6.45) is 1.29. The zero-order chi connectivity index (χ0) is 23.3. The first-order valence-electron chi connectivity index (χ1n) is 9.32. The molecule has 11 heteroatoms. The number of halogens is 4. The van der Waals surface area contributed by atoms with Crippen molar-refractivity contribution in [2.75, 3.05) is 11.1 Å². The Morgan fingerprint density at radius 2 is 1.88 bits per heavy atom. The zero-order valence-corrected chi connectivity index (χ0v) is 20.7. The van der Waals surface area contributed by atoms with Gasteiger partial charge in [0.1, 0.15) is 5.75 Å². The molecule has 2 aromatic carbocycles. The Morgan fingerprint density at radius 1 is 1.16 bits per heavy atom. The molecule has 0 fully saturated rings. The molecular weight excluding hydrogens is 514 g/mol. The van der Waals surface area contributed by atoms with E-state index in [1.54, 1.807) is 18.2 Å². The summed E-state index contributed by atoms with van der Waals surface area (Å²) in [4.78, 5) is 12.4. The molecular formula is C21H18Cl4N4O2S. The number of anilines is 1. The first kappa shape index (κ1) is 24.7. The lowest BCUT2D eigenvalue weighted by Crippen LogP contribution is -2.16. The second kappa shape index (κ2) is 11.3. The lowest BCUT2D eigenvalue weighted by atomic mass is 10.3. The van der Waals surface area contributed by atoms with Crippen LogP contribution in [0.25, 0.3) is 0 Å². The van der Waals surface area contributed by atoms with Gasteiger partial charge in [0.15, 0.2) is 17.1 Å². The molecule has 6 nitrogen and oxygen atoms in total. The molecule has 3 aromatic rings. The summed E-state index contributed by atoms with van der Waals surface area (Å²) in [6, 6.07) is 10.2. The molecule has 0 aliphatic carbocycles. The van der Waals surface area contributed by atoms with Crippen LogP contribution in [0.15, 0.2) is 54.2 Å². The van der Waals surface area contributed by atoms with E-state index in [2.05, 4.69) is 22.1 Å². The van der Waals surface area contributed by atoms with Crippen LogP contribution in [0.3, 0.4) is 0 Å². The summed E-state index contributed by atoms with van der Waals surface area (Å²) >= 11 is 25.4. The van der Waals surface area contributed by atoms with Crippen LogP contribution in [0.4, 0.5) is 5.69 Å². The van der Waals surface area contributed by atoms with Gasteiger partial charge in [-0.3, -0.25) is 9.36 Å². The van der Waals surface area contributed by atoms with Crippen LogP contribution in [-0.4, -0.2) is 26.4 Å². The number of benzene rings is 2. The maximum atomic E-state index is 12.4. The van der Waals surface area contributed by atoms with Gasteiger partial charge in [-0.15, -0.1) is 16.8 Å². The van der Waals surface area contributed by atoms with Gasteiger partial charge in [-0.05, 0) is 31.2 Å². The van der Waals surface area contributed by atoms with Gasteiger partial charge >= 0.3 is 0 Å². The topological polar surface area (TPSA) is 69.0 Å². The minimum absolute atomic E-state index is 0.0750. The number of allylic oxidation sites excluding steroid dienone is 1. The van der Waals surface area contributed by atoms with Gasteiger partial charge in [-0.1, -0.05) is 76.4 Å². The third-order valence-corrected chi connectivity index (χ3v) is 6.49. The molecule has 3 rings (SSSR count). The van der Waals surface area contributed by atoms with Crippen LogP contribution in [0, 0.1) is 0 Å². The largest absolute Gasteiger partial charge is 0.481 e. The Hall–Kier alpha value is -1.90. The average Bonchev–Trinajstić information content (AvgIpc) is 3.15. The summed E-state index contributed by atoms with van der Waals surface area (Å²) in [5.74, 6) is 0.915. The van der Waals surface area contributed by atoms with Crippen molar-refractivity contribution in [3.63, 3.8) is 0 Å². The van der Waals surface area contributed by atoms with E-state index < -0.39 is 6.10 Å². The Morgan fingerprint density at radius 3 is 2.59 bits per heavy atom. The molecule has 0 radical (unpaired) electrons. The number of thioether (sulfide) groups is 1. The fourth-order valence-electron chi connectivity index (χ4n) is 2.73. The van der Waals surface area contributed by atoms with Crippen molar-refractivity contribution >= 4 is 69.8 Å². The molecule has 1 amide bonds. The van der Waals surface area contributed by atoms with Gasteiger partial charge in [-0.2, -0.15) is 0 Å². The summed E-state index contributed by atoms with van der Waals surface area (Å²) in [6.45, 7) is 6.08. The molecule has 0 aliphatic heterocycles. The van der Waals surface area contributed by atoms with Gasteiger partial charge in [0.25, 0.3) is 0 Å². The Bertz CT molecular complexity index is 1140. The highest BCUT2D eigenvalue weighted by Gasteiger charge is 2.20. The monoisotopic (exact) mass is 530 g/mol. The normalized spacial score (nSPS) is 11.8. The highest BCUT2D eigenvalue weighted by Crippen LogP contribution is 2.33. The molecule has 32 heavy (non-hydrogen) atoms. The quantitative estimate of drug-likeness (QED) is 0.184. The minimum atomic E-state index is -0.430. The van der Waals surface area contributed by atoms with Crippen molar-refractivity contribution in [3.05, 3.63) is 75.0 Å². The third-order valence-electron chi connectivity index (χ3n) is 4.18. The fraction of sp³-hybridized carbons (Fsp3) is 0.190. The number of ether oxygens (including phenoxy) is 1. The van der Waals surface area contributed by atoms with Crippen LogP contribution < -0.4 is 10.1 Å². The lowest BCUT2D eigenvalue weighted by Gasteiger charge is -2.16. The van der Waals surface area contributed by atoms with Crippen molar-refractivity contribution in [2.24, 2.45) is 0 Å². The SMILES string of the molecule is C=CCn1c(SCC(=O)Nc2cc(Cl)c(Cl)cc2Cl)nnc1C(C)Oc1ccccc1Cl. The summed E-state index contributed by atoms with van der Waals surface area (Å²) in [5.41, 5.74) is 0.377. The van der Waals surface area contributed by atoms with Crippen molar-refractivity contribution in [1.29, 1.82) is 0 Å². The molecule has 0 bridgehead atoms. The molecule has 1 heterocycles. The van der Waals surface area contributed by atoms with Crippen LogP contribution in [0.5, 0.6) is 5.75 Å². The maximum absolute atomic E-state index is 12.4. The average molecular weight is 532 g/mol. The fourth-order valence-corrected chi connectivity index (χ4v) is 4.26. The van der Waals surface area contributed by atoms with E-state index in [1.165, 1.54) is 23.9 Å². The highest BCUT2D eigenvalue weighted by atomic mass is 35.5. The van der Waals surface area contributed by atoms with Gasteiger partial charge in [0, 0.05) is 6.54 Å². The minimum Gasteiger partial charge on any atom is -0.481 e. The molecule has 168 valence electrons. The summed E-state index contributed by atoms with van der Waals surface area (Å²) in [5, 5.41) is 13.1. The number of nitrogens with zero attached hydrogens (tertiary/aromatic N) is 3. The lowest BCUT2D eigenvalue weighted by molar-refractivity contribution is -0.113. The molecule has 0 aliphatic rings. The van der Waals surface area contributed by atoms with Crippen LogP contribution >= 0.6 is 58.2 Å². The molecule has 1 atom stereocenters. The van der Waals surface area contributed by atoms with Gasteiger partial charge in [-0.25, -0.2) is 0 Å². The second-order valence-corrected chi connectivity index (χ2v) is 9.08. The van der Waals surface area contributed by atoms with Crippen molar-refractivity contribution in [2.45, 2.75) is 24.7 Å². The molecule has 1 unspecified atom stereocenters. The highest BCUT2D eigenvalue weighted by molar-refractivity contribution is 7.99. The summed E-state index contributed by atoms with van der Waals surface area (Å²) in [7, 11) is 0. The number of para-hydroxylation sites is 1.